The third kappa shape index (κ3) is 4.28. The van der Waals surface area contributed by atoms with Crippen LogP contribution in [-0.2, 0) is 9.53 Å². The summed E-state index contributed by atoms with van der Waals surface area (Å²) in [7, 11) is 0. The molecule has 0 radical (unpaired) electrons. The zero-order valence-corrected chi connectivity index (χ0v) is 10.5. The Hall–Kier alpha value is -0.610. The van der Waals surface area contributed by atoms with Crippen LogP contribution in [-0.4, -0.2) is 37.7 Å². The minimum Gasteiger partial charge on any atom is -0.376 e. The SMILES string of the molecule is O=C(NCC1CCCCO1)C1CCCCCN1. The zero-order chi connectivity index (χ0) is 11.9. The van der Waals surface area contributed by atoms with Crippen LogP contribution in [0, 0.1) is 0 Å². The molecule has 98 valence electrons. The highest BCUT2D eigenvalue weighted by Crippen LogP contribution is 2.12. The molecular formula is C13H24N2O2. The van der Waals surface area contributed by atoms with E-state index in [2.05, 4.69) is 10.6 Å². The normalized spacial score (nSPS) is 30.6. The Morgan fingerprint density at radius 3 is 2.88 bits per heavy atom. The molecule has 1 amide bonds. The number of carbonyl (C=O) groups is 1. The maximum atomic E-state index is 12.0. The van der Waals surface area contributed by atoms with Crippen molar-refractivity contribution < 1.29 is 9.53 Å². The maximum Gasteiger partial charge on any atom is 0.237 e. The van der Waals surface area contributed by atoms with Gasteiger partial charge in [-0.05, 0) is 38.6 Å². The van der Waals surface area contributed by atoms with Crippen LogP contribution in [0.3, 0.4) is 0 Å². The Bertz CT molecular complexity index is 232. The number of amides is 1. The van der Waals surface area contributed by atoms with E-state index in [9.17, 15) is 4.79 Å². The van der Waals surface area contributed by atoms with Gasteiger partial charge in [0.25, 0.3) is 0 Å². The Labute approximate surface area is 103 Å². The molecule has 2 aliphatic rings. The standard InChI is InChI=1S/C13H24N2O2/c16-13(12-7-2-1-4-8-14-12)15-10-11-6-3-5-9-17-11/h11-12,14H,1-10H2,(H,15,16). The maximum absolute atomic E-state index is 12.0. The van der Waals surface area contributed by atoms with Crippen molar-refractivity contribution in [2.75, 3.05) is 19.7 Å². The molecule has 2 saturated heterocycles. The minimum absolute atomic E-state index is 0.0149. The second kappa shape index (κ2) is 6.97. The highest BCUT2D eigenvalue weighted by molar-refractivity contribution is 5.81. The lowest BCUT2D eigenvalue weighted by Gasteiger charge is -2.24. The fourth-order valence-corrected chi connectivity index (χ4v) is 2.56. The molecular weight excluding hydrogens is 216 g/mol. The van der Waals surface area contributed by atoms with Gasteiger partial charge < -0.3 is 15.4 Å². The van der Waals surface area contributed by atoms with E-state index in [0.717, 1.165) is 38.8 Å². The number of hydrogen-bond donors (Lipinski definition) is 2. The second-order valence-electron chi connectivity index (χ2n) is 5.09. The number of carbonyl (C=O) groups excluding carboxylic acids is 1. The van der Waals surface area contributed by atoms with E-state index in [0.29, 0.717) is 6.54 Å². The van der Waals surface area contributed by atoms with Gasteiger partial charge in [0.1, 0.15) is 0 Å². The fraction of sp³-hybridized carbons (Fsp3) is 0.923. The quantitative estimate of drug-likeness (QED) is 0.779. The van der Waals surface area contributed by atoms with Crippen molar-refractivity contribution in [3.05, 3.63) is 0 Å². The number of ether oxygens (including phenoxy) is 1. The molecule has 2 N–H and O–H groups in total. The van der Waals surface area contributed by atoms with Gasteiger partial charge in [-0.15, -0.1) is 0 Å². The topological polar surface area (TPSA) is 50.4 Å². The van der Waals surface area contributed by atoms with Gasteiger partial charge in [0.05, 0.1) is 12.1 Å². The summed E-state index contributed by atoms with van der Waals surface area (Å²) in [5.74, 6) is 0.154. The third-order valence-corrected chi connectivity index (χ3v) is 3.65. The summed E-state index contributed by atoms with van der Waals surface area (Å²) in [5, 5.41) is 6.34. The van der Waals surface area contributed by atoms with Crippen LogP contribution in [0.4, 0.5) is 0 Å². The van der Waals surface area contributed by atoms with Gasteiger partial charge in [0.2, 0.25) is 5.91 Å². The Kier molecular flexibility index (Phi) is 5.26. The predicted molar refractivity (Wildman–Crippen MR) is 66.9 cm³/mol. The van der Waals surface area contributed by atoms with Gasteiger partial charge in [-0.1, -0.05) is 12.8 Å². The van der Waals surface area contributed by atoms with E-state index in [-0.39, 0.29) is 18.1 Å². The van der Waals surface area contributed by atoms with Gasteiger partial charge in [-0.25, -0.2) is 0 Å². The van der Waals surface area contributed by atoms with Crippen molar-refractivity contribution in [3.8, 4) is 0 Å². The van der Waals surface area contributed by atoms with Crippen LogP contribution in [0.15, 0.2) is 0 Å². The number of rotatable bonds is 3. The van der Waals surface area contributed by atoms with Crippen molar-refractivity contribution >= 4 is 5.91 Å². The summed E-state index contributed by atoms with van der Waals surface area (Å²) < 4.78 is 5.61. The molecule has 17 heavy (non-hydrogen) atoms. The highest BCUT2D eigenvalue weighted by Gasteiger charge is 2.21. The molecule has 2 atom stereocenters. The second-order valence-corrected chi connectivity index (χ2v) is 5.09. The summed E-state index contributed by atoms with van der Waals surface area (Å²) in [6.07, 6.45) is 8.26. The highest BCUT2D eigenvalue weighted by atomic mass is 16.5. The lowest BCUT2D eigenvalue weighted by atomic mass is 10.1. The number of nitrogens with one attached hydrogen (secondary N) is 2. The largest absolute Gasteiger partial charge is 0.376 e. The molecule has 2 heterocycles. The molecule has 4 nitrogen and oxygen atoms in total. The monoisotopic (exact) mass is 240 g/mol. The first-order valence-electron chi connectivity index (χ1n) is 6.99. The molecule has 2 rings (SSSR count). The summed E-state index contributed by atoms with van der Waals surface area (Å²) >= 11 is 0. The molecule has 0 aliphatic carbocycles. The molecule has 0 spiro atoms. The number of hydrogen-bond acceptors (Lipinski definition) is 3. The van der Waals surface area contributed by atoms with E-state index < -0.39 is 0 Å². The van der Waals surface area contributed by atoms with E-state index in [1.807, 2.05) is 0 Å². The van der Waals surface area contributed by atoms with E-state index in [4.69, 9.17) is 4.74 Å². The van der Waals surface area contributed by atoms with Crippen molar-refractivity contribution in [2.24, 2.45) is 0 Å². The summed E-state index contributed by atoms with van der Waals surface area (Å²) in [4.78, 5) is 12.0. The van der Waals surface area contributed by atoms with Crippen LogP contribution in [0.1, 0.15) is 44.9 Å². The van der Waals surface area contributed by atoms with Crippen LogP contribution < -0.4 is 10.6 Å². The van der Waals surface area contributed by atoms with E-state index in [1.165, 1.54) is 19.3 Å². The molecule has 2 aliphatic heterocycles. The van der Waals surface area contributed by atoms with Crippen LogP contribution >= 0.6 is 0 Å². The van der Waals surface area contributed by atoms with Gasteiger partial charge in [-0.3, -0.25) is 4.79 Å². The molecule has 4 heteroatoms. The molecule has 0 bridgehead atoms. The molecule has 0 aromatic heterocycles. The molecule has 0 aromatic rings. The smallest absolute Gasteiger partial charge is 0.237 e. The first-order chi connectivity index (χ1) is 8.36. The Morgan fingerprint density at radius 2 is 2.06 bits per heavy atom. The first-order valence-corrected chi connectivity index (χ1v) is 6.99. The molecule has 0 aromatic carbocycles. The minimum atomic E-state index is 0.0149. The van der Waals surface area contributed by atoms with Crippen molar-refractivity contribution in [3.63, 3.8) is 0 Å². The molecule has 2 fully saturated rings. The average molecular weight is 240 g/mol. The molecule has 2 unspecified atom stereocenters. The summed E-state index contributed by atoms with van der Waals surface area (Å²) in [5.41, 5.74) is 0. The van der Waals surface area contributed by atoms with E-state index in [1.54, 1.807) is 0 Å². The van der Waals surface area contributed by atoms with Crippen molar-refractivity contribution in [1.29, 1.82) is 0 Å². The molecule has 0 saturated carbocycles. The van der Waals surface area contributed by atoms with Crippen LogP contribution in [0.2, 0.25) is 0 Å². The lowest BCUT2D eigenvalue weighted by molar-refractivity contribution is -0.124. The average Bonchev–Trinajstić information content (AvgIpc) is 2.66. The van der Waals surface area contributed by atoms with Crippen molar-refractivity contribution in [1.82, 2.24) is 10.6 Å². The van der Waals surface area contributed by atoms with Crippen LogP contribution in [0.5, 0.6) is 0 Å². The van der Waals surface area contributed by atoms with E-state index >= 15 is 0 Å². The third-order valence-electron chi connectivity index (χ3n) is 3.65. The summed E-state index contributed by atoms with van der Waals surface area (Å²) in [6, 6.07) is 0.0149. The van der Waals surface area contributed by atoms with Gasteiger partial charge in [-0.2, -0.15) is 0 Å². The summed E-state index contributed by atoms with van der Waals surface area (Å²) in [6.45, 7) is 2.50. The zero-order valence-electron chi connectivity index (χ0n) is 10.5. The predicted octanol–water partition coefficient (Wildman–Crippen LogP) is 1.20. The Morgan fingerprint density at radius 1 is 1.18 bits per heavy atom. The van der Waals surface area contributed by atoms with Crippen molar-refractivity contribution in [2.45, 2.75) is 57.1 Å². The first kappa shape index (κ1) is 12.8. The fourth-order valence-electron chi connectivity index (χ4n) is 2.56. The Balaban J connectivity index is 1.68. The van der Waals surface area contributed by atoms with Gasteiger partial charge >= 0.3 is 0 Å². The van der Waals surface area contributed by atoms with Gasteiger partial charge in [0, 0.05) is 13.2 Å². The van der Waals surface area contributed by atoms with Gasteiger partial charge in [0.15, 0.2) is 0 Å². The lowest BCUT2D eigenvalue weighted by Crippen LogP contribution is -2.46. The van der Waals surface area contributed by atoms with Crippen LogP contribution in [0.25, 0.3) is 0 Å².